The SMILES string of the molecule is Cc1cc([C@H]2[C@H](c3ccccn3)NC(=S)N2c2ccc(Oc3ccccc3)cc2)c(C)n1-c1ccccc1Br. The highest BCUT2D eigenvalue weighted by atomic mass is 79.9. The molecule has 7 heteroatoms. The molecule has 0 aliphatic carbocycles. The van der Waals surface area contributed by atoms with Crippen LogP contribution in [0.4, 0.5) is 5.69 Å². The summed E-state index contributed by atoms with van der Waals surface area (Å²) < 4.78 is 9.38. The van der Waals surface area contributed by atoms with Crippen LogP contribution >= 0.6 is 28.1 Å². The zero-order valence-electron chi connectivity index (χ0n) is 21.6. The second-order valence-electron chi connectivity index (χ2n) is 9.52. The van der Waals surface area contributed by atoms with Crippen molar-refractivity contribution in [2.75, 3.05) is 4.90 Å². The zero-order chi connectivity index (χ0) is 26.9. The Hall–Kier alpha value is -3.94. The van der Waals surface area contributed by atoms with Gasteiger partial charge in [0.2, 0.25) is 0 Å². The standard InChI is InChI=1S/C32H27BrN4OS/c1-21-20-26(22(2)36(21)29-14-7-6-12-27(29)33)31-30(28-13-8-9-19-34-28)35-32(39)37(31)23-15-17-25(18-16-23)38-24-10-4-3-5-11-24/h3-20,30-31H,1-2H3,(H,35,39)/t30-,31-/m0/s1. The van der Waals surface area contributed by atoms with Gasteiger partial charge in [-0.3, -0.25) is 4.98 Å². The number of aryl methyl sites for hydroxylation is 1. The maximum absolute atomic E-state index is 6.04. The first-order chi connectivity index (χ1) is 19.0. The fourth-order valence-electron chi connectivity index (χ4n) is 5.34. The Bertz CT molecular complexity index is 1620. The van der Waals surface area contributed by atoms with E-state index in [9.17, 15) is 0 Å². The molecule has 1 aliphatic heterocycles. The van der Waals surface area contributed by atoms with Crippen LogP contribution in [-0.2, 0) is 0 Å². The molecular weight excluding hydrogens is 568 g/mol. The summed E-state index contributed by atoms with van der Waals surface area (Å²) in [5.41, 5.74) is 6.54. The van der Waals surface area contributed by atoms with Crippen molar-refractivity contribution < 1.29 is 4.74 Å². The average Bonchev–Trinajstić information content (AvgIpc) is 3.45. The minimum atomic E-state index is -0.118. The molecule has 0 spiro atoms. The van der Waals surface area contributed by atoms with Gasteiger partial charge in [0.1, 0.15) is 11.5 Å². The predicted molar refractivity (Wildman–Crippen MR) is 164 cm³/mol. The average molecular weight is 596 g/mol. The van der Waals surface area contributed by atoms with Crippen LogP contribution in [0.5, 0.6) is 11.5 Å². The number of ether oxygens (including phenoxy) is 1. The number of para-hydroxylation sites is 2. The van der Waals surface area contributed by atoms with Crippen molar-refractivity contribution >= 4 is 38.9 Å². The second kappa shape index (κ2) is 10.7. The zero-order valence-corrected chi connectivity index (χ0v) is 24.0. The van der Waals surface area contributed by atoms with Gasteiger partial charge in [-0.2, -0.15) is 0 Å². The predicted octanol–water partition coefficient (Wildman–Crippen LogP) is 8.22. The van der Waals surface area contributed by atoms with Crippen LogP contribution in [0.1, 0.15) is 34.7 Å². The van der Waals surface area contributed by atoms with E-state index < -0.39 is 0 Å². The second-order valence-corrected chi connectivity index (χ2v) is 10.8. The highest BCUT2D eigenvalue weighted by Crippen LogP contribution is 2.44. The molecule has 1 fully saturated rings. The van der Waals surface area contributed by atoms with Gasteiger partial charge in [0.15, 0.2) is 5.11 Å². The number of hydrogen-bond donors (Lipinski definition) is 1. The number of aromatic nitrogens is 2. The third-order valence-electron chi connectivity index (χ3n) is 7.07. The molecule has 1 N–H and O–H groups in total. The summed E-state index contributed by atoms with van der Waals surface area (Å²) in [6.45, 7) is 4.32. The Kier molecular flexibility index (Phi) is 6.94. The van der Waals surface area contributed by atoms with E-state index in [1.165, 1.54) is 5.56 Å². The summed E-state index contributed by atoms with van der Waals surface area (Å²) in [7, 11) is 0. The highest BCUT2D eigenvalue weighted by molar-refractivity contribution is 9.10. The van der Waals surface area contributed by atoms with Crippen molar-refractivity contribution in [2.45, 2.75) is 25.9 Å². The molecule has 2 atom stereocenters. The maximum Gasteiger partial charge on any atom is 0.174 e. The van der Waals surface area contributed by atoms with E-state index in [1.807, 2.05) is 66.9 Å². The van der Waals surface area contributed by atoms with Crippen LogP contribution in [0, 0.1) is 13.8 Å². The molecule has 0 saturated carbocycles. The molecule has 0 bridgehead atoms. The summed E-state index contributed by atoms with van der Waals surface area (Å²) in [6.07, 6.45) is 1.83. The minimum absolute atomic E-state index is 0.101. The molecule has 5 nitrogen and oxygen atoms in total. The molecule has 1 saturated heterocycles. The fraction of sp³-hybridized carbons (Fsp3) is 0.125. The molecule has 1 aliphatic rings. The first-order valence-electron chi connectivity index (χ1n) is 12.8. The molecule has 2 aromatic heterocycles. The lowest BCUT2D eigenvalue weighted by molar-refractivity contribution is 0.482. The molecule has 0 amide bonds. The van der Waals surface area contributed by atoms with Crippen LogP contribution in [0.3, 0.4) is 0 Å². The van der Waals surface area contributed by atoms with Gasteiger partial charge in [0, 0.05) is 27.7 Å². The molecule has 5 aromatic rings. The Morgan fingerprint density at radius 2 is 1.54 bits per heavy atom. The molecule has 3 aromatic carbocycles. The van der Waals surface area contributed by atoms with E-state index in [0.717, 1.165) is 44.4 Å². The van der Waals surface area contributed by atoms with Gasteiger partial charge in [0.05, 0.1) is 23.5 Å². The molecule has 194 valence electrons. The van der Waals surface area contributed by atoms with Gasteiger partial charge in [-0.05, 0) is 114 Å². The summed E-state index contributed by atoms with van der Waals surface area (Å²) in [5.74, 6) is 1.57. The number of benzene rings is 3. The monoisotopic (exact) mass is 594 g/mol. The lowest BCUT2D eigenvalue weighted by Crippen LogP contribution is -2.29. The molecular formula is C32H27BrN4OS. The van der Waals surface area contributed by atoms with E-state index in [4.69, 9.17) is 21.9 Å². The summed E-state index contributed by atoms with van der Waals surface area (Å²) in [5, 5.41) is 4.24. The van der Waals surface area contributed by atoms with Crippen molar-refractivity contribution in [1.29, 1.82) is 0 Å². The molecule has 6 rings (SSSR count). The lowest BCUT2D eigenvalue weighted by atomic mass is 9.96. The highest BCUT2D eigenvalue weighted by Gasteiger charge is 2.42. The summed E-state index contributed by atoms with van der Waals surface area (Å²) in [4.78, 5) is 6.91. The summed E-state index contributed by atoms with van der Waals surface area (Å²) in [6, 6.07) is 34.3. The van der Waals surface area contributed by atoms with Gasteiger partial charge in [-0.15, -0.1) is 0 Å². The van der Waals surface area contributed by atoms with Gasteiger partial charge in [0.25, 0.3) is 0 Å². The smallest absolute Gasteiger partial charge is 0.174 e. The Morgan fingerprint density at radius 1 is 0.846 bits per heavy atom. The lowest BCUT2D eigenvalue weighted by Gasteiger charge is -2.28. The van der Waals surface area contributed by atoms with Crippen LogP contribution in [0.2, 0.25) is 0 Å². The van der Waals surface area contributed by atoms with E-state index in [1.54, 1.807) is 0 Å². The number of hydrogen-bond acceptors (Lipinski definition) is 3. The number of rotatable bonds is 6. The third kappa shape index (κ3) is 4.84. The first kappa shape index (κ1) is 25.3. The van der Waals surface area contributed by atoms with Gasteiger partial charge >= 0.3 is 0 Å². The largest absolute Gasteiger partial charge is 0.457 e. The fourth-order valence-corrected chi connectivity index (χ4v) is 6.15. The van der Waals surface area contributed by atoms with Gasteiger partial charge in [-0.1, -0.05) is 36.4 Å². The van der Waals surface area contributed by atoms with E-state index in [0.29, 0.717) is 5.11 Å². The summed E-state index contributed by atoms with van der Waals surface area (Å²) >= 11 is 9.70. The minimum Gasteiger partial charge on any atom is -0.457 e. The van der Waals surface area contributed by atoms with Crippen molar-refractivity contribution in [2.24, 2.45) is 0 Å². The van der Waals surface area contributed by atoms with Crippen molar-refractivity contribution in [3.63, 3.8) is 0 Å². The maximum atomic E-state index is 6.04. The third-order valence-corrected chi connectivity index (χ3v) is 8.06. The number of nitrogens with zero attached hydrogens (tertiary/aromatic N) is 3. The Morgan fingerprint density at radius 3 is 2.26 bits per heavy atom. The first-order valence-corrected chi connectivity index (χ1v) is 14.0. The van der Waals surface area contributed by atoms with Crippen molar-refractivity contribution in [3.8, 4) is 17.2 Å². The number of pyridine rings is 1. The molecule has 0 radical (unpaired) electrons. The van der Waals surface area contributed by atoms with Gasteiger partial charge in [-0.25, -0.2) is 0 Å². The van der Waals surface area contributed by atoms with Crippen LogP contribution in [0.25, 0.3) is 5.69 Å². The van der Waals surface area contributed by atoms with Crippen LogP contribution in [0.15, 0.2) is 114 Å². The topological polar surface area (TPSA) is 42.3 Å². The quantitative estimate of drug-likeness (QED) is 0.201. The van der Waals surface area contributed by atoms with Crippen molar-refractivity contribution in [1.82, 2.24) is 14.9 Å². The van der Waals surface area contributed by atoms with Crippen LogP contribution in [-0.4, -0.2) is 14.7 Å². The van der Waals surface area contributed by atoms with Crippen molar-refractivity contribution in [3.05, 3.63) is 136 Å². The number of halogens is 1. The Balaban J connectivity index is 1.43. The van der Waals surface area contributed by atoms with E-state index in [2.05, 4.69) is 87.0 Å². The number of anilines is 1. The van der Waals surface area contributed by atoms with Crippen LogP contribution < -0.4 is 15.0 Å². The van der Waals surface area contributed by atoms with Gasteiger partial charge < -0.3 is 19.5 Å². The molecule has 0 unspecified atom stereocenters. The molecule has 3 heterocycles. The normalized spacial score (nSPS) is 16.8. The Labute approximate surface area is 242 Å². The number of nitrogens with one attached hydrogen (secondary N) is 1. The van der Waals surface area contributed by atoms with E-state index in [-0.39, 0.29) is 12.1 Å². The van der Waals surface area contributed by atoms with E-state index >= 15 is 0 Å². The number of thiocarbonyl (C=S) groups is 1. The molecule has 39 heavy (non-hydrogen) atoms.